The van der Waals surface area contributed by atoms with Gasteiger partial charge in [-0.2, -0.15) is 0 Å². The Balaban J connectivity index is 2.02. The van der Waals surface area contributed by atoms with E-state index in [9.17, 15) is 13.2 Å². The molecule has 0 unspecified atom stereocenters. The van der Waals surface area contributed by atoms with Crippen molar-refractivity contribution < 1.29 is 13.2 Å². The summed E-state index contributed by atoms with van der Waals surface area (Å²) in [6, 6.07) is 6.76. The number of sulfonamides is 1. The van der Waals surface area contributed by atoms with Crippen molar-refractivity contribution in [2.24, 2.45) is 5.92 Å². The van der Waals surface area contributed by atoms with Gasteiger partial charge in [-0.3, -0.25) is 4.79 Å². The highest BCUT2D eigenvalue weighted by Gasteiger charge is 2.32. The summed E-state index contributed by atoms with van der Waals surface area (Å²) in [7, 11) is -3.45. The maximum atomic E-state index is 12.6. The third kappa shape index (κ3) is 5.06. The second-order valence-electron chi connectivity index (χ2n) is 5.61. The Kier molecular flexibility index (Phi) is 6.21. The first-order valence-corrected chi connectivity index (χ1v) is 9.52. The molecular formula is C16H21ClN2O3S. The molecule has 0 bridgehead atoms. The standard InChI is InChI=1S/C16H21ClN2O3S/c1-2-9-18-16(20)14-4-3-10-19(11-14)23(21,22)12-13-5-7-15(17)8-6-13/h2,5-8,14H,1,3-4,9-12H2,(H,18,20)/t14-/m1/s1. The van der Waals surface area contributed by atoms with E-state index in [-0.39, 0.29) is 24.1 Å². The van der Waals surface area contributed by atoms with E-state index >= 15 is 0 Å². The summed E-state index contributed by atoms with van der Waals surface area (Å²) in [5.41, 5.74) is 0.688. The minimum absolute atomic E-state index is 0.0782. The fourth-order valence-electron chi connectivity index (χ4n) is 2.61. The van der Waals surface area contributed by atoms with Gasteiger partial charge in [0.15, 0.2) is 0 Å². The molecule has 0 saturated carbocycles. The summed E-state index contributed by atoms with van der Waals surface area (Å²) in [5.74, 6) is -0.495. The van der Waals surface area contributed by atoms with Gasteiger partial charge in [-0.25, -0.2) is 12.7 Å². The molecule has 0 aliphatic carbocycles. The van der Waals surface area contributed by atoms with Crippen LogP contribution in [0, 0.1) is 5.92 Å². The fraction of sp³-hybridized carbons (Fsp3) is 0.438. The van der Waals surface area contributed by atoms with Crippen LogP contribution in [-0.4, -0.2) is 38.3 Å². The Morgan fingerprint density at radius 2 is 2.09 bits per heavy atom. The maximum Gasteiger partial charge on any atom is 0.224 e. The normalized spacial score (nSPS) is 19.3. The zero-order chi connectivity index (χ0) is 16.9. The van der Waals surface area contributed by atoms with Gasteiger partial charge in [0.25, 0.3) is 0 Å². The van der Waals surface area contributed by atoms with Gasteiger partial charge in [0.2, 0.25) is 15.9 Å². The lowest BCUT2D eigenvalue weighted by molar-refractivity contribution is -0.125. The SMILES string of the molecule is C=CCNC(=O)[C@@H]1CCCN(S(=O)(=O)Cc2ccc(Cl)cc2)C1. The minimum atomic E-state index is -3.45. The summed E-state index contributed by atoms with van der Waals surface area (Å²) >= 11 is 5.82. The Labute approximate surface area is 142 Å². The first kappa shape index (κ1) is 18.0. The lowest BCUT2D eigenvalue weighted by atomic mass is 9.99. The molecule has 1 saturated heterocycles. The van der Waals surface area contributed by atoms with E-state index in [1.807, 2.05) is 0 Å². The minimum Gasteiger partial charge on any atom is -0.352 e. The lowest BCUT2D eigenvalue weighted by Crippen LogP contribution is -2.45. The van der Waals surface area contributed by atoms with Gasteiger partial charge in [-0.15, -0.1) is 6.58 Å². The van der Waals surface area contributed by atoms with Crippen LogP contribution in [0.5, 0.6) is 0 Å². The van der Waals surface area contributed by atoms with Crippen LogP contribution in [-0.2, 0) is 20.6 Å². The molecule has 0 radical (unpaired) electrons. The third-order valence-corrected chi connectivity index (χ3v) is 5.90. The molecule has 0 spiro atoms. The number of hydrogen-bond donors (Lipinski definition) is 1. The van der Waals surface area contributed by atoms with Gasteiger partial charge in [-0.1, -0.05) is 29.8 Å². The van der Waals surface area contributed by atoms with E-state index in [1.54, 1.807) is 30.3 Å². The first-order valence-electron chi connectivity index (χ1n) is 7.53. The molecule has 5 nitrogen and oxygen atoms in total. The number of carbonyl (C=O) groups excluding carboxylic acids is 1. The smallest absolute Gasteiger partial charge is 0.224 e. The van der Waals surface area contributed by atoms with Gasteiger partial charge in [0, 0.05) is 24.7 Å². The second-order valence-corrected chi connectivity index (χ2v) is 8.02. The highest BCUT2D eigenvalue weighted by Crippen LogP contribution is 2.22. The molecule has 1 aromatic rings. The van der Waals surface area contributed by atoms with Crippen LogP contribution in [0.15, 0.2) is 36.9 Å². The van der Waals surface area contributed by atoms with Gasteiger partial charge in [-0.05, 0) is 30.5 Å². The van der Waals surface area contributed by atoms with E-state index in [0.29, 0.717) is 36.5 Å². The lowest BCUT2D eigenvalue weighted by Gasteiger charge is -2.31. The van der Waals surface area contributed by atoms with Crippen LogP contribution in [0.2, 0.25) is 5.02 Å². The summed E-state index contributed by atoms with van der Waals surface area (Å²) in [6.07, 6.45) is 3.00. The molecule has 1 N–H and O–H groups in total. The van der Waals surface area contributed by atoms with Crippen LogP contribution in [0.3, 0.4) is 0 Å². The number of halogens is 1. The zero-order valence-corrected chi connectivity index (χ0v) is 14.4. The van der Waals surface area contributed by atoms with Crippen LogP contribution in [0.25, 0.3) is 0 Å². The van der Waals surface area contributed by atoms with Crippen molar-refractivity contribution in [3.05, 3.63) is 47.5 Å². The third-order valence-electron chi connectivity index (χ3n) is 3.83. The van der Waals surface area contributed by atoms with Crippen LogP contribution in [0.4, 0.5) is 0 Å². The highest BCUT2D eigenvalue weighted by atomic mass is 35.5. The number of amides is 1. The highest BCUT2D eigenvalue weighted by molar-refractivity contribution is 7.88. The summed E-state index contributed by atoms with van der Waals surface area (Å²) in [5, 5.41) is 3.31. The van der Waals surface area contributed by atoms with Gasteiger partial charge < -0.3 is 5.32 Å². The van der Waals surface area contributed by atoms with Crippen molar-refractivity contribution in [1.82, 2.24) is 9.62 Å². The maximum absolute atomic E-state index is 12.6. The molecule has 23 heavy (non-hydrogen) atoms. The zero-order valence-electron chi connectivity index (χ0n) is 12.9. The molecular weight excluding hydrogens is 336 g/mol. The Hall–Kier alpha value is -1.37. The van der Waals surface area contributed by atoms with Crippen molar-refractivity contribution in [2.75, 3.05) is 19.6 Å². The molecule has 1 amide bonds. The number of nitrogens with zero attached hydrogens (tertiary/aromatic N) is 1. The number of carbonyl (C=O) groups is 1. The number of rotatable bonds is 6. The summed E-state index contributed by atoms with van der Waals surface area (Å²) in [4.78, 5) is 12.0. The van der Waals surface area contributed by atoms with Crippen molar-refractivity contribution in [1.29, 1.82) is 0 Å². The topological polar surface area (TPSA) is 66.5 Å². The number of piperidine rings is 1. The molecule has 7 heteroatoms. The van der Waals surface area contributed by atoms with E-state index in [0.717, 1.165) is 0 Å². The first-order chi connectivity index (χ1) is 10.9. The predicted octanol–water partition coefficient (Wildman–Crippen LogP) is 2.18. The fourth-order valence-corrected chi connectivity index (χ4v) is 4.35. The molecule has 1 fully saturated rings. The van der Waals surface area contributed by atoms with Gasteiger partial charge in [0.1, 0.15) is 0 Å². The molecule has 1 aliphatic rings. The van der Waals surface area contributed by atoms with Crippen molar-refractivity contribution in [3.8, 4) is 0 Å². The Morgan fingerprint density at radius 3 is 2.74 bits per heavy atom. The molecule has 1 aliphatic heterocycles. The molecule has 2 rings (SSSR count). The van der Waals surface area contributed by atoms with Crippen LogP contribution < -0.4 is 5.32 Å². The molecule has 126 valence electrons. The van der Waals surface area contributed by atoms with Crippen molar-refractivity contribution >= 4 is 27.5 Å². The molecule has 0 aromatic heterocycles. The monoisotopic (exact) mass is 356 g/mol. The Bertz CT molecular complexity index is 658. The number of hydrogen-bond acceptors (Lipinski definition) is 3. The van der Waals surface area contributed by atoms with E-state index < -0.39 is 10.0 Å². The average molecular weight is 357 g/mol. The van der Waals surface area contributed by atoms with E-state index in [4.69, 9.17) is 11.6 Å². The summed E-state index contributed by atoms with van der Waals surface area (Å²) in [6.45, 7) is 4.64. The average Bonchev–Trinajstić information content (AvgIpc) is 2.54. The number of benzene rings is 1. The quantitative estimate of drug-likeness (QED) is 0.794. The van der Waals surface area contributed by atoms with Gasteiger partial charge >= 0.3 is 0 Å². The summed E-state index contributed by atoms with van der Waals surface area (Å²) < 4.78 is 26.6. The predicted molar refractivity (Wildman–Crippen MR) is 91.6 cm³/mol. The largest absolute Gasteiger partial charge is 0.352 e. The molecule has 1 aromatic carbocycles. The number of nitrogens with one attached hydrogen (secondary N) is 1. The molecule has 1 heterocycles. The van der Waals surface area contributed by atoms with E-state index in [1.165, 1.54) is 4.31 Å². The van der Waals surface area contributed by atoms with Crippen molar-refractivity contribution in [3.63, 3.8) is 0 Å². The van der Waals surface area contributed by atoms with Crippen molar-refractivity contribution in [2.45, 2.75) is 18.6 Å². The second kappa shape index (κ2) is 7.95. The van der Waals surface area contributed by atoms with E-state index in [2.05, 4.69) is 11.9 Å². The molecule has 1 atom stereocenters. The van der Waals surface area contributed by atoms with Gasteiger partial charge in [0.05, 0.1) is 11.7 Å². The Morgan fingerprint density at radius 1 is 1.39 bits per heavy atom. The van der Waals surface area contributed by atoms with Crippen LogP contribution in [0.1, 0.15) is 18.4 Å². The van der Waals surface area contributed by atoms with Crippen LogP contribution >= 0.6 is 11.6 Å².